The number of esters is 1. The number of sulfone groups is 1. The van der Waals surface area contributed by atoms with Gasteiger partial charge >= 0.3 is 5.97 Å². The highest BCUT2D eigenvalue weighted by molar-refractivity contribution is 7.90. The Labute approximate surface area is 177 Å². The fourth-order valence-electron chi connectivity index (χ4n) is 2.89. The van der Waals surface area contributed by atoms with Crippen molar-refractivity contribution in [2.75, 3.05) is 18.2 Å². The first-order valence-corrected chi connectivity index (χ1v) is 11.6. The van der Waals surface area contributed by atoms with Crippen molar-refractivity contribution in [2.45, 2.75) is 38.1 Å². The Morgan fingerprint density at radius 1 is 1.14 bits per heavy atom. The number of hydrogen-bond donors (Lipinski definition) is 2. The number of carbonyl (C=O) groups excluding carboxylic acids is 1. The second-order valence-electron chi connectivity index (χ2n) is 6.60. The summed E-state index contributed by atoms with van der Waals surface area (Å²) in [5, 5.41) is 6.79. The summed E-state index contributed by atoms with van der Waals surface area (Å²) in [5.41, 5.74) is 2.89. The van der Waals surface area contributed by atoms with E-state index >= 15 is 0 Å². The smallest absolute Gasteiger partial charge is 0.338 e. The van der Waals surface area contributed by atoms with E-state index in [9.17, 15) is 13.2 Å². The van der Waals surface area contributed by atoms with Gasteiger partial charge in [-0.3, -0.25) is 0 Å². The van der Waals surface area contributed by atoms with E-state index in [1.807, 2.05) is 19.9 Å². The molecule has 0 aliphatic rings. The zero-order valence-electron chi connectivity index (χ0n) is 17.0. The van der Waals surface area contributed by atoms with E-state index in [1.54, 1.807) is 43.3 Å². The number of carbonyl (C=O) groups is 1. The third kappa shape index (κ3) is 6.01. The number of rotatable bonds is 7. The van der Waals surface area contributed by atoms with Crippen LogP contribution in [0.4, 0.5) is 5.69 Å². The van der Waals surface area contributed by atoms with Crippen molar-refractivity contribution in [3.63, 3.8) is 0 Å². The lowest BCUT2D eigenvalue weighted by molar-refractivity contribution is 0.0525. The molecule has 0 unspecified atom stereocenters. The molecule has 0 amide bonds. The van der Waals surface area contributed by atoms with E-state index in [4.69, 9.17) is 17.0 Å². The molecule has 0 fully saturated rings. The van der Waals surface area contributed by atoms with E-state index in [0.29, 0.717) is 17.3 Å². The normalized spacial score (nSPS) is 12.1. The molecule has 0 saturated carbocycles. The molecule has 0 aliphatic heterocycles. The first-order chi connectivity index (χ1) is 13.7. The number of anilines is 1. The average molecular weight is 435 g/mol. The van der Waals surface area contributed by atoms with Gasteiger partial charge in [0.1, 0.15) is 0 Å². The number of thiocarbonyl (C=S) groups is 1. The first-order valence-electron chi connectivity index (χ1n) is 9.31. The third-order valence-electron chi connectivity index (χ3n) is 4.50. The summed E-state index contributed by atoms with van der Waals surface area (Å²) < 4.78 is 28.4. The SMILES string of the molecule is CCOC(=O)c1cccc(NC(=S)N[C@@H](CC)c2ccc(S(C)(=O)=O)cc2)c1C. The largest absolute Gasteiger partial charge is 0.462 e. The van der Waals surface area contributed by atoms with Crippen LogP contribution in [0.1, 0.15) is 47.8 Å². The molecule has 2 aromatic carbocycles. The van der Waals surface area contributed by atoms with Gasteiger partial charge in [0.05, 0.1) is 23.1 Å². The van der Waals surface area contributed by atoms with E-state index in [-0.39, 0.29) is 16.9 Å². The maximum atomic E-state index is 12.1. The summed E-state index contributed by atoms with van der Waals surface area (Å²) >= 11 is 5.45. The van der Waals surface area contributed by atoms with Crippen LogP contribution >= 0.6 is 12.2 Å². The number of nitrogens with one attached hydrogen (secondary N) is 2. The lowest BCUT2D eigenvalue weighted by Crippen LogP contribution is -2.32. The molecule has 2 aromatic rings. The van der Waals surface area contributed by atoms with Crippen molar-refractivity contribution in [3.05, 3.63) is 59.2 Å². The van der Waals surface area contributed by atoms with E-state index in [2.05, 4.69) is 10.6 Å². The molecular weight excluding hydrogens is 408 g/mol. The van der Waals surface area contributed by atoms with Gasteiger partial charge in [0.2, 0.25) is 0 Å². The van der Waals surface area contributed by atoms with E-state index in [1.165, 1.54) is 6.26 Å². The second kappa shape index (κ2) is 9.84. The molecule has 0 spiro atoms. The molecule has 0 heterocycles. The maximum absolute atomic E-state index is 12.1. The molecule has 6 nitrogen and oxygen atoms in total. The van der Waals surface area contributed by atoms with E-state index in [0.717, 1.165) is 23.2 Å². The van der Waals surface area contributed by atoms with Crippen molar-refractivity contribution < 1.29 is 17.9 Å². The van der Waals surface area contributed by atoms with Crippen molar-refractivity contribution in [3.8, 4) is 0 Å². The van der Waals surface area contributed by atoms with Gasteiger partial charge in [-0.1, -0.05) is 25.1 Å². The number of hydrogen-bond acceptors (Lipinski definition) is 5. The summed E-state index contributed by atoms with van der Waals surface area (Å²) in [4.78, 5) is 12.4. The van der Waals surface area contributed by atoms with Crippen LogP contribution in [0.5, 0.6) is 0 Å². The Bertz CT molecular complexity index is 986. The summed E-state index contributed by atoms with van der Waals surface area (Å²) in [6.07, 6.45) is 1.94. The Kier molecular flexibility index (Phi) is 7.75. The second-order valence-corrected chi connectivity index (χ2v) is 9.02. The maximum Gasteiger partial charge on any atom is 0.338 e. The molecule has 29 heavy (non-hydrogen) atoms. The van der Waals surface area contributed by atoms with Gasteiger partial charge in [0, 0.05) is 11.9 Å². The lowest BCUT2D eigenvalue weighted by Gasteiger charge is -2.21. The number of ether oxygens (including phenoxy) is 1. The number of benzene rings is 2. The van der Waals surface area contributed by atoms with Crippen LogP contribution in [-0.2, 0) is 14.6 Å². The monoisotopic (exact) mass is 434 g/mol. The van der Waals surface area contributed by atoms with Crippen LogP contribution in [-0.4, -0.2) is 32.4 Å². The van der Waals surface area contributed by atoms with Crippen LogP contribution in [0.3, 0.4) is 0 Å². The van der Waals surface area contributed by atoms with Crippen LogP contribution < -0.4 is 10.6 Å². The average Bonchev–Trinajstić information content (AvgIpc) is 2.67. The molecule has 0 bridgehead atoms. The molecule has 0 aromatic heterocycles. The fourth-order valence-corrected chi connectivity index (χ4v) is 3.77. The topological polar surface area (TPSA) is 84.5 Å². The van der Waals surface area contributed by atoms with Gasteiger partial charge in [-0.25, -0.2) is 13.2 Å². The molecule has 2 rings (SSSR count). The van der Waals surface area contributed by atoms with Gasteiger partial charge in [-0.05, 0) is 67.9 Å². The van der Waals surface area contributed by atoms with Gasteiger partial charge in [-0.15, -0.1) is 0 Å². The minimum absolute atomic E-state index is 0.0860. The van der Waals surface area contributed by atoms with Gasteiger partial charge in [0.15, 0.2) is 14.9 Å². The van der Waals surface area contributed by atoms with Crippen molar-refractivity contribution in [1.82, 2.24) is 5.32 Å². The molecule has 156 valence electrons. The van der Waals surface area contributed by atoms with Crippen LogP contribution in [0.2, 0.25) is 0 Å². The Hall–Kier alpha value is -2.45. The van der Waals surface area contributed by atoms with Crippen LogP contribution in [0.25, 0.3) is 0 Å². The minimum atomic E-state index is -3.23. The molecule has 0 radical (unpaired) electrons. The van der Waals surface area contributed by atoms with Crippen molar-refractivity contribution in [1.29, 1.82) is 0 Å². The molecule has 1 atom stereocenters. The third-order valence-corrected chi connectivity index (χ3v) is 5.85. The molecule has 2 N–H and O–H groups in total. The van der Waals surface area contributed by atoms with Gasteiger partial charge in [-0.2, -0.15) is 0 Å². The molecule has 0 saturated heterocycles. The summed E-state index contributed by atoms with van der Waals surface area (Å²) in [7, 11) is -3.23. The zero-order chi connectivity index (χ0) is 21.6. The highest BCUT2D eigenvalue weighted by atomic mass is 32.2. The van der Waals surface area contributed by atoms with Gasteiger partial charge in [0.25, 0.3) is 0 Å². The highest BCUT2D eigenvalue weighted by Gasteiger charge is 2.16. The van der Waals surface area contributed by atoms with Crippen molar-refractivity contribution >= 4 is 38.8 Å². The highest BCUT2D eigenvalue weighted by Crippen LogP contribution is 2.22. The van der Waals surface area contributed by atoms with Gasteiger partial charge < -0.3 is 15.4 Å². The van der Waals surface area contributed by atoms with Crippen LogP contribution in [0, 0.1) is 6.92 Å². The summed E-state index contributed by atoms with van der Waals surface area (Å²) in [6, 6.07) is 12.0. The summed E-state index contributed by atoms with van der Waals surface area (Å²) in [5.74, 6) is -0.370. The van der Waals surface area contributed by atoms with E-state index < -0.39 is 9.84 Å². The standard InChI is InChI=1S/C21H26N2O4S2/c1-5-18(15-10-12-16(13-11-15)29(4,25)26)22-21(28)23-19-9-7-8-17(14(19)3)20(24)27-6-2/h7-13,18H,5-6H2,1-4H3,(H2,22,23,28)/t18-/m0/s1. The molecule has 0 aliphatic carbocycles. The predicted molar refractivity (Wildman–Crippen MR) is 119 cm³/mol. The quantitative estimate of drug-likeness (QED) is 0.503. The Balaban J connectivity index is 2.13. The van der Waals surface area contributed by atoms with Crippen molar-refractivity contribution in [2.24, 2.45) is 0 Å². The minimum Gasteiger partial charge on any atom is -0.462 e. The molecular formula is C21H26N2O4S2. The van der Waals surface area contributed by atoms with Crippen LogP contribution in [0.15, 0.2) is 47.4 Å². The molecule has 8 heteroatoms. The Morgan fingerprint density at radius 3 is 2.34 bits per heavy atom. The Morgan fingerprint density at radius 2 is 1.79 bits per heavy atom. The fraction of sp³-hybridized carbons (Fsp3) is 0.333. The summed E-state index contributed by atoms with van der Waals surface area (Å²) in [6.45, 7) is 5.92. The predicted octanol–water partition coefficient (Wildman–Crippen LogP) is 4.01. The lowest BCUT2D eigenvalue weighted by atomic mass is 10.0. The first kappa shape index (κ1) is 22.8. The zero-order valence-corrected chi connectivity index (χ0v) is 18.6.